The summed E-state index contributed by atoms with van der Waals surface area (Å²) in [5, 5.41) is 9.49. The lowest BCUT2D eigenvalue weighted by molar-refractivity contribution is -0.135. The number of hydrogen-bond acceptors (Lipinski definition) is 4. The Kier molecular flexibility index (Phi) is 3.05. The number of rotatable bonds is 4. The minimum Gasteiger partial charge on any atom is -0.386 e. The average Bonchev–Trinajstić information content (AvgIpc) is 2.61. The van der Waals surface area contributed by atoms with Crippen molar-refractivity contribution in [3.8, 4) is 0 Å². The van der Waals surface area contributed by atoms with Gasteiger partial charge in [-0.1, -0.05) is 12.7 Å². The van der Waals surface area contributed by atoms with Gasteiger partial charge in [-0.15, -0.1) is 6.58 Å². The molecule has 3 atom stereocenters. The SMILES string of the molecule is C=C[C@H](O)[C@@H]1OCO[C@@]1(C=C)C(N)=O. The van der Waals surface area contributed by atoms with Crippen LogP contribution in [-0.4, -0.2) is 35.6 Å². The van der Waals surface area contributed by atoms with Gasteiger partial charge >= 0.3 is 0 Å². The number of carbonyl (C=O) groups excluding carboxylic acids is 1. The van der Waals surface area contributed by atoms with Crippen molar-refractivity contribution >= 4 is 5.91 Å². The zero-order valence-corrected chi connectivity index (χ0v) is 7.68. The summed E-state index contributed by atoms with van der Waals surface area (Å²) in [5.41, 5.74) is 3.70. The summed E-state index contributed by atoms with van der Waals surface area (Å²) in [6.45, 7) is 6.74. The van der Waals surface area contributed by atoms with Gasteiger partial charge in [0.05, 0.1) is 0 Å². The van der Waals surface area contributed by atoms with Gasteiger partial charge in [-0.3, -0.25) is 4.79 Å². The molecule has 5 heteroatoms. The maximum absolute atomic E-state index is 11.2. The molecule has 1 amide bonds. The van der Waals surface area contributed by atoms with Gasteiger partial charge < -0.3 is 20.3 Å². The Bertz CT molecular complexity index is 266. The highest BCUT2D eigenvalue weighted by Crippen LogP contribution is 2.29. The van der Waals surface area contributed by atoms with Crippen LogP contribution in [-0.2, 0) is 14.3 Å². The van der Waals surface area contributed by atoms with Gasteiger partial charge in [-0.05, 0) is 6.08 Å². The minimum absolute atomic E-state index is 0.107. The summed E-state index contributed by atoms with van der Waals surface area (Å²) in [7, 11) is 0. The van der Waals surface area contributed by atoms with Crippen molar-refractivity contribution in [3.05, 3.63) is 25.3 Å². The monoisotopic (exact) mass is 199 g/mol. The molecule has 1 fully saturated rings. The van der Waals surface area contributed by atoms with Gasteiger partial charge in [0.25, 0.3) is 5.91 Å². The fourth-order valence-corrected chi connectivity index (χ4v) is 1.37. The number of carbonyl (C=O) groups is 1. The molecule has 0 aromatic heterocycles. The topological polar surface area (TPSA) is 81.8 Å². The van der Waals surface area contributed by atoms with Gasteiger partial charge in [-0.25, -0.2) is 0 Å². The molecule has 1 aliphatic heterocycles. The number of hydrogen-bond donors (Lipinski definition) is 2. The van der Waals surface area contributed by atoms with E-state index in [0.29, 0.717) is 0 Å². The first-order chi connectivity index (χ1) is 6.58. The van der Waals surface area contributed by atoms with Crippen LogP contribution < -0.4 is 5.73 Å². The van der Waals surface area contributed by atoms with Crippen molar-refractivity contribution in [2.75, 3.05) is 6.79 Å². The molecule has 78 valence electrons. The molecule has 1 saturated heterocycles. The van der Waals surface area contributed by atoms with Crippen molar-refractivity contribution in [1.82, 2.24) is 0 Å². The summed E-state index contributed by atoms with van der Waals surface area (Å²) in [6.07, 6.45) is 0.582. The van der Waals surface area contributed by atoms with Gasteiger partial charge in [0.2, 0.25) is 0 Å². The number of primary amides is 1. The molecular formula is C9H13NO4. The number of ether oxygens (including phenoxy) is 2. The molecule has 0 radical (unpaired) electrons. The largest absolute Gasteiger partial charge is 0.386 e. The van der Waals surface area contributed by atoms with E-state index in [1.54, 1.807) is 0 Å². The third-order valence-corrected chi connectivity index (χ3v) is 2.21. The molecule has 0 bridgehead atoms. The maximum Gasteiger partial charge on any atom is 0.256 e. The summed E-state index contributed by atoms with van der Waals surface area (Å²) >= 11 is 0. The van der Waals surface area contributed by atoms with E-state index in [1.807, 2.05) is 0 Å². The predicted octanol–water partition coefficient (Wildman–Crippen LogP) is -0.684. The van der Waals surface area contributed by atoms with Crippen LogP contribution in [0, 0.1) is 0 Å². The molecule has 1 aliphatic rings. The number of aliphatic hydroxyl groups excluding tert-OH is 1. The van der Waals surface area contributed by atoms with E-state index in [2.05, 4.69) is 13.2 Å². The third kappa shape index (κ3) is 1.45. The summed E-state index contributed by atoms with van der Waals surface area (Å²) in [6, 6.07) is 0. The first kappa shape index (κ1) is 10.9. The number of aliphatic hydroxyl groups is 1. The van der Waals surface area contributed by atoms with Crippen molar-refractivity contribution in [2.24, 2.45) is 5.73 Å². The fraction of sp³-hybridized carbons (Fsp3) is 0.444. The van der Waals surface area contributed by atoms with Crippen LogP contribution in [0.4, 0.5) is 0 Å². The smallest absolute Gasteiger partial charge is 0.256 e. The Balaban J connectivity index is 2.99. The molecule has 0 saturated carbocycles. The zero-order chi connectivity index (χ0) is 10.8. The quantitative estimate of drug-likeness (QED) is 0.587. The van der Waals surface area contributed by atoms with E-state index in [0.717, 1.165) is 0 Å². The lowest BCUT2D eigenvalue weighted by Crippen LogP contribution is -2.53. The van der Waals surface area contributed by atoms with Crippen LogP contribution in [0.25, 0.3) is 0 Å². The van der Waals surface area contributed by atoms with Gasteiger partial charge in [-0.2, -0.15) is 0 Å². The summed E-state index contributed by atoms with van der Waals surface area (Å²) < 4.78 is 10.1. The molecule has 1 heterocycles. The Morgan fingerprint density at radius 2 is 2.36 bits per heavy atom. The highest BCUT2D eigenvalue weighted by Gasteiger charge is 2.51. The second-order valence-electron chi connectivity index (χ2n) is 2.94. The van der Waals surface area contributed by atoms with Crippen molar-refractivity contribution in [3.63, 3.8) is 0 Å². The number of nitrogens with two attached hydrogens (primary N) is 1. The highest BCUT2D eigenvalue weighted by molar-refractivity contribution is 5.87. The zero-order valence-electron chi connectivity index (χ0n) is 7.68. The summed E-state index contributed by atoms with van der Waals surface area (Å²) in [4.78, 5) is 11.2. The summed E-state index contributed by atoms with van der Waals surface area (Å²) in [5.74, 6) is -0.740. The first-order valence-electron chi connectivity index (χ1n) is 4.08. The first-order valence-corrected chi connectivity index (χ1v) is 4.08. The van der Waals surface area contributed by atoms with Crippen LogP contribution in [0.2, 0.25) is 0 Å². The van der Waals surface area contributed by atoms with Gasteiger partial charge in [0.1, 0.15) is 19.0 Å². The molecule has 0 aromatic rings. The highest BCUT2D eigenvalue weighted by atomic mass is 16.7. The Morgan fingerprint density at radius 1 is 1.71 bits per heavy atom. The molecule has 5 nitrogen and oxygen atoms in total. The normalized spacial score (nSPS) is 33.6. The van der Waals surface area contributed by atoms with Crippen LogP contribution in [0.5, 0.6) is 0 Å². The van der Waals surface area contributed by atoms with E-state index in [9.17, 15) is 9.90 Å². The number of amides is 1. The molecule has 0 spiro atoms. The molecule has 1 rings (SSSR count). The molecule has 3 N–H and O–H groups in total. The lowest BCUT2D eigenvalue weighted by Gasteiger charge is -2.27. The van der Waals surface area contributed by atoms with Crippen molar-refractivity contribution in [1.29, 1.82) is 0 Å². The lowest BCUT2D eigenvalue weighted by atomic mass is 9.92. The standard InChI is InChI=1S/C9H13NO4/c1-3-6(11)7-9(4-2,8(10)12)14-5-13-7/h3-4,6-7,11H,1-2,5H2,(H2,10,12)/t6-,7-,9+/m0/s1. The van der Waals surface area contributed by atoms with Gasteiger partial charge in [0, 0.05) is 0 Å². The molecular weight excluding hydrogens is 186 g/mol. The molecule has 0 aliphatic carbocycles. The maximum atomic E-state index is 11.2. The predicted molar refractivity (Wildman–Crippen MR) is 49.2 cm³/mol. The average molecular weight is 199 g/mol. The van der Waals surface area contributed by atoms with Crippen molar-refractivity contribution in [2.45, 2.75) is 17.8 Å². The Hall–Kier alpha value is -1.17. The fourth-order valence-electron chi connectivity index (χ4n) is 1.37. The molecule has 0 aromatic carbocycles. The Morgan fingerprint density at radius 3 is 2.79 bits per heavy atom. The molecule has 14 heavy (non-hydrogen) atoms. The second kappa shape index (κ2) is 3.91. The molecule has 0 unspecified atom stereocenters. The minimum atomic E-state index is -1.46. The van der Waals surface area contributed by atoms with E-state index >= 15 is 0 Å². The van der Waals surface area contributed by atoms with Crippen molar-refractivity contribution < 1.29 is 19.4 Å². The van der Waals surface area contributed by atoms with Crippen LogP contribution in [0.15, 0.2) is 25.3 Å². The van der Waals surface area contributed by atoms with E-state index in [-0.39, 0.29) is 6.79 Å². The van der Waals surface area contributed by atoms with E-state index in [4.69, 9.17) is 15.2 Å². The van der Waals surface area contributed by atoms with Gasteiger partial charge in [0.15, 0.2) is 5.60 Å². The van der Waals surface area contributed by atoms with E-state index < -0.39 is 23.7 Å². The Labute approximate surface area is 81.8 Å². The van der Waals surface area contributed by atoms with Crippen LogP contribution in [0.1, 0.15) is 0 Å². The van der Waals surface area contributed by atoms with E-state index in [1.165, 1.54) is 12.2 Å². The van der Waals surface area contributed by atoms with Crippen LogP contribution in [0.3, 0.4) is 0 Å². The second-order valence-corrected chi connectivity index (χ2v) is 2.94. The third-order valence-electron chi connectivity index (χ3n) is 2.21. The van der Waals surface area contributed by atoms with Crippen LogP contribution >= 0.6 is 0 Å².